The number of aromatic nitrogens is 1. The van der Waals surface area contributed by atoms with Crippen molar-refractivity contribution in [2.45, 2.75) is 25.0 Å². The van der Waals surface area contributed by atoms with Crippen LogP contribution in [-0.2, 0) is 6.54 Å². The van der Waals surface area contributed by atoms with Gasteiger partial charge < -0.3 is 4.90 Å². The van der Waals surface area contributed by atoms with E-state index in [-0.39, 0.29) is 0 Å². The fourth-order valence-corrected chi connectivity index (χ4v) is 4.00. The molecule has 2 aliphatic heterocycles. The van der Waals surface area contributed by atoms with E-state index in [0.717, 1.165) is 6.54 Å². The Morgan fingerprint density at radius 1 is 1.11 bits per heavy atom. The lowest BCUT2D eigenvalue weighted by molar-refractivity contribution is 0.232. The summed E-state index contributed by atoms with van der Waals surface area (Å²) < 4.78 is 4.19. The smallest absolute Gasteiger partial charge is 0.0433 e. The molecule has 2 bridgehead atoms. The second-order valence-electron chi connectivity index (χ2n) is 5.44. The van der Waals surface area contributed by atoms with E-state index < -0.39 is 0 Å². The number of para-hydroxylation sites is 1. The summed E-state index contributed by atoms with van der Waals surface area (Å²) in [5, 5.41) is 0. The summed E-state index contributed by atoms with van der Waals surface area (Å²) in [6.45, 7) is 3.44. The highest BCUT2D eigenvalue weighted by molar-refractivity contribution is 7.05. The van der Waals surface area contributed by atoms with Gasteiger partial charge in [-0.25, -0.2) is 4.37 Å². The van der Waals surface area contributed by atoms with Crippen molar-refractivity contribution in [3.8, 4) is 0 Å². The highest BCUT2D eigenvalue weighted by Crippen LogP contribution is 2.35. The van der Waals surface area contributed by atoms with Gasteiger partial charge in [-0.2, -0.15) is 0 Å². The van der Waals surface area contributed by atoms with Crippen molar-refractivity contribution in [1.82, 2.24) is 9.27 Å². The summed E-state index contributed by atoms with van der Waals surface area (Å²) in [5.74, 6) is 0. The molecule has 2 aromatic rings. The molecule has 3 nitrogen and oxygen atoms in total. The van der Waals surface area contributed by atoms with Crippen molar-refractivity contribution >= 4 is 17.2 Å². The fraction of sp³-hybridized carbons (Fsp3) is 0.400. The minimum absolute atomic E-state index is 0.695. The lowest BCUT2D eigenvalue weighted by Gasteiger charge is -2.35. The van der Waals surface area contributed by atoms with Crippen molar-refractivity contribution in [2.24, 2.45) is 0 Å². The molecular weight excluding hydrogens is 254 g/mol. The van der Waals surface area contributed by atoms with Gasteiger partial charge in [-0.1, -0.05) is 18.2 Å². The van der Waals surface area contributed by atoms with E-state index in [1.54, 1.807) is 11.5 Å². The minimum Gasteiger partial charge on any atom is -0.366 e. The number of fused-ring (bicyclic) bond motifs is 2. The zero-order valence-corrected chi connectivity index (χ0v) is 11.6. The molecule has 2 saturated heterocycles. The minimum atomic E-state index is 0.695. The second kappa shape index (κ2) is 4.62. The van der Waals surface area contributed by atoms with Crippen molar-refractivity contribution in [3.05, 3.63) is 47.5 Å². The van der Waals surface area contributed by atoms with Crippen LogP contribution in [0, 0.1) is 0 Å². The zero-order valence-electron chi connectivity index (χ0n) is 10.8. The predicted octanol–water partition coefficient (Wildman–Crippen LogP) is 2.61. The van der Waals surface area contributed by atoms with Gasteiger partial charge in [0, 0.05) is 48.5 Å². The molecule has 19 heavy (non-hydrogen) atoms. The fourth-order valence-electron chi connectivity index (χ4n) is 3.40. The molecule has 0 amide bonds. The van der Waals surface area contributed by atoms with Crippen LogP contribution in [0.25, 0.3) is 0 Å². The molecule has 4 heteroatoms. The van der Waals surface area contributed by atoms with Gasteiger partial charge in [-0.05, 0) is 36.2 Å². The van der Waals surface area contributed by atoms with Crippen molar-refractivity contribution in [1.29, 1.82) is 0 Å². The van der Waals surface area contributed by atoms with Crippen molar-refractivity contribution < 1.29 is 0 Å². The Kier molecular flexibility index (Phi) is 2.78. The van der Waals surface area contributed by atoms with Crippen LogP contribution in [0.3, 0.4) is 0 Å². The summed E-state index contributed by atoms with van der Waals surface area (Å²) in [6.07, 6.45) is 3.22. The number of likely N-dealkylation sites (tertiary alicyclic amines) is 1. The third-order valence-electron chi connectivity index (χ3n) is 4.29. The maximum Gasteiger partial charge on any atom is 0.0433 e. The average molecular weight is 271 g/mol. The van der Waals surface area contributed by atoms with Gasteiger partial charge in [0.25, 0.3) is 0 Å². The third-order valence-corrected chi connectivity index (χ3v) is 5.02. The number of benzene rings is 1. The number of anilines is 1. The molecule has 3 heterocycles. The topological polar surface area (TPSA) is 19.4 Å². The second-order valence-corrected chi connectivity index (χ2v) is 6.36. The van der Waals surface area contributed by atoms with Crippen molar-refractivity contribution in [2.75, 3.05) is 18.0 Å². The summed E-state index contributed by atoms with van der Waals surface area (Å²) in [7, 11) is 0. The first-order valence-corrected chi connectivity index (χ1v) is 7.63. The Hall–Kier alpha value is -1.39. The molecule has 1 aromatic carbocycles. The molecule has 0 spiro atoms. The number of piperazine rings is 1. The van der Waals surface area contributed by atoms with Crippen molar-refractivity contribution in [3.63, 3.8) is 0 Å². The molecule has 0 radical (unpaired) electrons. The van der Waals surface area contributed by atoms with Crippen LogP contribution in [0.4, 0.5) is 5.69 Å². The van der Waals surface area contributed by atoms with Crippen LogP contribution < -0.4 is 4.90 Å². The standard InChI is InChI=1S/C15H17N3S/c1-2-4-12(5-3-1)18-10-13-8-14(18)9-17(13)11-15-6-7-16-19-15/h1-7,13-14H,8-11H2/t13-,14-/m0/s1. The van der Waals surface area contributed by atoms with Gasteiger partial charge >= 0.3 is 0 Å². The molecule has 1 aromatic heterocycles. The summed E-state index contributed by atoms with van der Waals surface area (Å²) >= 11 is 1.63. The molecule has 0 N–H and O–H groups in total. The van der Waals surface area contributed by atoms with Gasteiger partial charge in [0.1, 0.15) is 0 Å². The Bertz CT molecular complexity index is 540. The summed E-state index contributed by atoms with van der Waals surface area (Å²) in [6, 6.07) is 14.4. The Morgan fingerprint density at radius 2 is 2.00 bits per heavy atom. The van der Waals surface area contributed by atoms with Crippen LogP contribution in [0.1, 0.15) is 11.3 Å². The largest absolute Gasteiger partial charge is 0.366 e. The number of nitrogens with zero attached hydrogens (tertiary/aromatic N) is 3. The van der Waals surface area contributed by atoms with Gasteiger partial charge in [-0.3, -0.25) is 4.90 Å². The first-order valence-electron chi connectivity index (χ1n) is 6.85. The van der Waals surface area contributed by atoms with E-state index in [9.17, 15) is 0 Å². The Balaban J connectivity index is 1.46. The van der Waals surface area contributed by atoms with Gasteiger partial charge in [-0.15, -0.1) is 0 Å². The van der Waals surface area contributed by atoms with Gasteiger partial charge in [0.2, 0.25) is 0 Å². The quantitative estimate of drug-likeness (QED) is 0.855. The maximum absolute atomic E-state index is 4.19. The molecule has 0 aliphatic carbocycles. The lowest BCUT2D eigenvalue weighted by atomic mass is 10.2. The first kappa shape index (κ1) is 11.4. The SMILES string of the molecule is c1ccc(N2C[C@@H]3C[C@H]2CN3Cc2ccns2)cc1. The van der Waals surface area contributed by atoms with E-state index in [1.165, 1.54) is 30.1 Å². The number of rotatable bonds is 3. The average Bonchev–Trinajstić information content (AvgIpc) is 3.16. The highest BCUT2D eigenvalue weighted by Gasteiger charge is 2.43. The Morgan fingerprint density at radius 3 is 2.68 bits per heavy atom. The predicted molar refractivity (Wildman–Crippen MR) is 78.5 cm³/mol. The maximum atomic E-state index is 4.19. The van der Waals surface area contributed by atoms with E-state index in [4.69, 9.17) is 0 Å². The first-order chi connectivity index (χ1) is 9.40. The van der Waals surface area contributed by atoms with Crippen LogP contribution in [0.15, 0.2) is 42.6 Å². The highest BCUT2D eigenvalue weighted by atomic mass is 32.1. The third kappa shape index (κ3) is 2.05. The molecule has 2 aliphatic rings. The molecule has 2 atom stereocenters. The monoisotopic (exact) mass is 271 g/mol. The van der Waals surface area contributed by atoms with E-state index in [2.05, 4.69) is 50.6 Å². The van der Waals surface area contributed by atoms with Crippen LogP contribution >= 0.6 is 11.5 Å². The van der Waals surface area contributed by atoms with Gasteiger partial charge in [0.05, 0.1) is 0 Å². The summed E-state index contributed by atoms with van der Waals surface area (Å²) in [4.78, 5) is 6.59. The van der Waals surface area contributed by atoms with Crippen LogP contribution in [0.5, 0.6) is 0 Å². The molecular formula is C15H17N3S. The zero-order chi connectivity index (χ0) is 12.7. The van der Waals surface area contributed by atoms with E-state index >= 15 is 0 Å². The number of hydrogen-bond acceptors (Lipinski definition) is 4. The lowest BCUT2D eigenvalue weighted by Crippen LogP contribution is -2.45. The number of hydrogen-bond donors (Lipinski definition) is 0. The van der Waals surface area contributed by atoms with Crippen LogP contribution in [0.2, 0.25) is 0 Å². The molecule has 4 rings (SSSR count). The van der Waals surface area contributed by atoms with E-state index in [0.29, 0.717) is 12.1 Å². The normalized spacial score (nSPS) is 26.2. The summed E-state index contributed by atoms with van der Waals surface area (Å²) in [5.41, 5.74) is 1.38. The molecule has 98 valence electrons. The van der Waals surface area contributed by atoms with Crippen LogP contribution in [-0.4, -0.2) is 34.4 Å². The molecule has 0 saturated carbocycles. The molecule has 2 fully saturated rings. The van der Waals surface area contributed by atoms with E-state index in [1.807, 2.05) is 6.20 Å². The van der Waals surface area contributed by atoms with Gasteiger partial charge in [0.15, 0.2) is 0 Å². The molecule has 0 unspecified atom stereocenters. The Labute approximate surface area is 117 Å².